The highest BCUT2D eigenvalue weighted by molar-refractivity contribution is 7.89. The van der Waals surface area contributed by atoms with Crippen molar-refractivity contribution in [1.82, 2.24) is 4.31 Å². The van der Waals surface area contributed by atoms with Gasteiger partial charge in [0.1, 0.15) is 4.90 Å². The maximum Gasteiger partial charge on any atom is 0.244 e. The normalized spacial score (nSPS) is 20.4. The van der Waals surface area contributed by atoms with Gasteiger partial charge in [-0.05, 0) is 12.5 Å². The van der Waals surface area contributed by atoms with Crippen LogP contribution in [0.3, 0.4) is 0 Å². The Balaban J connectivity index is 2.10. The molecule has 2 aromatic rings. The van der Waals surface area contributed by atoms with Crippen LogP contribution in [0.25, 0.3) is 10.1 Å². The lowest BCUT2D eigenvalue weighted by atomic mass is 10.2. The quantitative estimate of drug-likeness (QED) is 0.930. The number of benzene rings is 1. The van der Waals surface area contributed by atoms with Gasteiger partial charge < -0.3 is 9.84 Å². The second-order valence-corrected chi connectivity index (χ2v) is 8.03. The predicted octanol–water partition coefficient (Wildman–Crippen LogP) is 1.80. The molecule has 1 N–H and O–H groups in total. The minimum Gasteiger partial charge on any atom is -0.391 e. The molecule has 0 saturated carbocycles. The summed E-state index contributed by atoms with van der Waals surface area (Å²) in [6.45, 7) is 0.555. The summed E-state index contributed by atoms with van der Waals surface area (Å²) < 4.78 is 33.4. The number of hydrogen-bond donors (Lipinski definition) is 1. The van der Waals surface area contributed by atoms with Gasteiger partial charge in [0.2, 0.25) is 10.0 Å². The van der Waals surface area contributed by atoms with Crippen LogP contribution in [-0.4, -0.2) is 44.1 Å². The average Bonchev–Trinajstić information content (AvgIpc) is 3.11. The molecule has 3 rings (SSSR count). The zero-order valence-corrected chi connectivity index (χ0v) is 13.3. The van der Waals surface area contributed by atoms with Crippen molar-refractivity contribution in [3.63, 3.8) is 0 Å². The van der Waals surface area contributed by atoms with Gasteiger partial charge in [0.05, 0.1) is 17.6 Å². The maximum absolute atomic E-state index is 12.9. The summed E-state index contributed by atoms with van der Waals surface area (Å²) in [5.74, 6) is 0. The maximum atomic E-state index is 12.9. The van der Waals surface area contributed by atoms with E-state index in [1.807, 2.05) is 18.2 Å². The summed E-state index contributed by atoms with van der Waals surface area (Å²) >= 11 is 1.33. The van der Waals surface area contributed by atoms with E-state index in [0.29, 0.717) is 29.8 Å². The highest BCUT2D eigenvalue weighted by Gasteiger charge is 2.35. The van der Waals surface area contributed by atoms with E-state index >= 15 is 0 Å². The van der Waals surface area contributed by atoms with E-state index in [4.69, 9.17) is 4.74 Å². The molecule has 0 radical (unpaired) electrons. The highest BCUT2D eigenvalue weighted by Crippen LogP contribution is 2.37. The van der Waals surface area contributed by atoms with Crippen molar-refractivity contribution >= 4 is 31.4 Å². The van der Waals surface area contributed by atoms with E-state index in [-0.39, 0.29) is 17.6 Å². The standard InChI is InChI=1S/C14H17NO4S2/c1-19-10-6-7-15(8-10)21(17,18)14-11-4-2-3-5-12(11)20-13(14)9-16/h2-5,10,16H,6-9H2,1H3. The molecule has 2 heterocycles. The Morgan fingerprint density at radius 1 is 1.43 bits per heavy atom. The molecule has 0 spiro atoms. The van der Waals surface area contributed by atoms with Gasteiger partial charge in [0.25, 0.3) is 0 Å². The number of thiophene rings is 1. The third-order valence-electron chi connectivity index (χ3n) is 3.80. The van der Waals surface area contributed by atoms with Gasteiger partial charge in [-0.25, -0.2) is 8.42 Å². The number of nitrogens with zero attached hydrogens (tertiary/aromatic N) is 1. The summed E-state index contributed by atoms with van der Waals surface area (Å²) in [4.78, 5) is 0.749. The molecule has 0 aliphatic carbocycles. The molecule has 114 valence electrons. The van der Waals surface area contributed by atoms with Gasteiger partial charge >= 0.3 is 0 Å². The Labute approximate surface area is 127 Å². The van der Waals surface area contributed by atoms with Crippen molar-refractivity contribution in [3.05, 3.63) is 29.1 Å². The largest absolute Gasteiger partial charge is 0.391 e. The number of methoxy groups -OCH3 is 1. The second-order valence-electron chi connectivity index (χ2n) is 5.02. The summed E-state index contributed by atoms with van der Waals surface area (Å²) in [6.07, 6.45) is 0.647. The first-order valence-corrected chi connectivity index (χ1v) is 8.97. The third-order valence-corrected chi connectivity index (χ3v) is 7.08. The Kier molecular flexibility index (Phi) is 4.02. The van der Waals surface area contributed by atoms with Crippen LogP contribution in [0.2, 0.25) is 0 Å². The van der Waals surface area contributed by atoms with Crippen LogP contribution in [0.1, 0.15) is 11.3 Å². The molecule has 1 atom stereocenters. The van der Waals surface area contributed by atoms with Crippen molar-refractivity contribution < 1.29 is 18.3 Å². The van der Waals surface area contributed by atoms with Crippen LogP contribution in [0.5, 0.6) is 0 Å². The molecule has 1 aromatic carbocycles. The van der Waals surface area contributed by atoms with E-state index in [2.05, 4.69) is 0 Å². The molecule has 1 unspecified atom stereocenters. The molecule has 1 aliphatic rings. The lowest BCUT2D eigenvalue weighted by molar-refractivity contribution is 0.115. The zero-order valence-electron chi connectivity index (χ0n) is 11.7. The molecule has 0 bridgehead atoms. The number of rotatable bonds is 4. The molecule has 1 aliphatic heterocycles. The summed E-state index contributed by atoms with van der Waals surface area (Å²) in [5, 5.41) is 10.2. The molecular formula is C14H17NO4S2. The second kappa shape index (κ2) is 5.66. The minimum atomic E-state index is -3.60. The molecule has 21 heavy (non-hydrogen) atoms. The zero-order chi connectivity index (χ0) is 15.0. The first kappa shape index (κ1) is 14.9. The van der Waals surface area contributed by atoms with E-state index in [0.717, 1.165) is 4.70 Å². The number of hydrogen-bond acceptors (Lipinski definition) is 5. The van der Waals surface area contributed by atoms with Gasteiger partial charge in [-0.1, -0.05) is 18.2 Å². The van der Waals surface area contributed by atoms with Crippen LogP contribution in [-0.2, 0) is 21.4 Å². The van der Waals surface area contributed by atoms with Crippen LogP contribution in [0.15, 0.2) is 29.2 Å². The topological polar surface area (TPSA) is 66.8 Å². The Morgan fingerprint density at radius 3 is 2.86 bits per heavy atom. The number of aliphatic hydroxyl groups is 1. The van der Waals surface area contributed by atoms with Crippen LogP contribution in [0.4, 0.5) is 0 Å². The summed E-state index contributed by atoms with van der Waals surface area (Å²) in [6, 6.07) is 7.35. The number of ether oxygens (including phenoxy) is 1. The lowest BCUT2D eigenvalue weighted by Gasteiger charge is -2.16. The SMILES string of the molecule is COC1CCN(S(=O)(=O)c2c(CO)sc3ccccc23)C1. The van der Waals surface area contributed by atoms with Gasteiger partial charge in [-0.3, -0.25) is 0 Å². The summed E-state index contributed by atoms with van der Waals surface area (Å²) in [5.41, 5.74) is 0. The van der Waals surface area contributed by atoms with Crippen molar-refractivity contribution in [3.8, 4) is 0 Å². The lowest BCUT2D eigenvalue weighted by Crippen LogP contribution is -2.30. The third kappa shape index (κ3) is 2.49. The van der Waals surface area contributed by atoms with Gasteiger partial charge in [-0.2, -0.15) is 4.31 Å². The van der Waals surface area contributed by atoms with Crippen molar-refractivity contribution in [1.29, 1.82) is 0 Å². The number of sulfonamides is 1. The fourth-order valence-corrected chi connectivity index (χ4v) is 5.94. The van der Waals surface area contributed by atoms with E-state index in [9.17, 15) is 13.5 Å². The molecule has 7 heteroatoms. The molecule has 1 aromatic heterocycles. The van der Waals surface area contributed by atoms with Gasteiger partial charge in [-0.15, -0.1) is 11.3 Å². The smallest absolute Gasteiger partial charge is 0.244 e. The summed E-state index contributed by atoms with van der Waals surface area (Å²) in [7, 11) is -2.01. The van der Waals surface area contributed by atoms with E-state index < -0.39 is 10.0 Å². The van der Waals surface area contributed by atoms with Gasteiger partial charge in [0, 0.05) is 30.3 Å². The first-order valence-electron chi connectivity index (χ1n) is 6.72. The fourth-order valence-electron chi connectivity index (χ4n) is 2.70. The fraction of sp³-hybridized carbons (Fsp3) is 0.429. The van der Waals surface area contributed by atoms with Gasteiger partial charge in [0.15, 0.2) is 0 Å². The van der Waals surface area contributed by atoms with Crippen LogP contribution in [0, 0.1) is 0 Å². The molecule has 1 saturated heterocycles. The van der Waals surface area contributed by atoms with Crippen molar-refractivity contribution in [2.24, 2.45) is 0 Å². The molecule has 0 amide bonds. The van der Waals surface area contributed by atoms with Crippen molar-refractivity contribution in [2.75, 3.05) is 20.2 Å². The molecular weight excluding hydrogens is 310 g/mol. The average molecular weight is 327 g/mol. The van der Waals surface area contributed by atoms with Crippen molar-refractivity contribution in [2.45, 2.75) is 24.0 Å². The van der Waals surface area contributed by atoms with E-state index in [1.165, 1.54) is 15.6 Å². The molecule has 5 nitrogen and oxygen atoms in total. The van der Waals surface area contributed by atoms with Crippen LogP contribution >= 0.6 is 11.3 Å². The van der Waals surface area contributed by atoms with E-state index in [1.54, 1.807) is 13.2 Å². The number of aliphatic hydroxyl groups excluding tert-OH is 1. The Bertz CT molecular complexity index is 753. The van der Waals surface area contributed by atoms with Crippen LogP contribution < -0.4 is 0 Å². The Morgan fingerprint density at radius 2 is 2.19 bits per heavy atom. The monoisotopic (exact) mass is 327 g/mol. The minimum absolute atomic E-state index is 0.0535. The predicted molar refractivity (Wildman–Crippen MR) is 81.9 cm³/mol. The number of fused-ring (bicyclic) bond motifs is 1. The first-order chi connectivity index (χ1) is 10.1. The Hall–Kier alpha value is -0.990. The highest BCUT2D eigenvalue weighted by atomic mass is 32.2. The molecule has 1 fully saturated rings.